The van der Waals surface area contributed by atoms with Crippen LogP contribution in [0.4, 0.5) is 0 Å². The van der Waals surface area contributed by atoms with Gasteiger partial charge in [-0.3, -0.25) is 4.79 Å². The van der Waals surface area contributed by atoms with Gasteiger partial charge in [-0.25, -0.2) is 4.79 Å². The Hall–Kier alpha value is -1.10. The number of aliphatic hydroxyl groups is 1. The van der Waals surface area contributed by atoms with E-state index in [2.05, 4.69) is 10.1 Å². The van der Waals surface area contributed by atoms with E-state index in [4.69, 9.17) is 5.11 Å². The molecule has 0 saturated heterocycles. The van der Waals surface area contributed by atoms with E-state index < -0.39 is 12.0 Å². The van der Waals surface area contributed by atoms with Crippen molar-refractivity contribution in [3.8, 4) is 0 Å². The van der Waals surface area contributed by atoms with Crippen LogP contribution in [0.5, 0.6) is 0 Å². The number of methoxy groups -OCH3 is 1. The fourth-order valence-corrected chi connectivity index (χ4v) is 1.20. The summed E-state index contributed by atoms with van der Waals surface area (Å²) in [7, 11) is 1.29. The number of rotatable bonds is 6. The van der Waals surface area contributed by atoms with Crippen molar-refractivity contribution < 1.29 is 19.4 Å². The van der Waals surface area contributed by atoms with Crippen molar-refractivity contribution in [2.75, 3.05) is 13.7 Å². The Bertz CT molecular complexity index is 215. The summed E-state index contributed by atoms with van der Waals surface area (Å²) in [5, 5.41) is 11.1. The number of hydrogen-bond acceptors (Lipinski definition) is 4. The van der Waals surface area contributed by atoms with Gasteiger partial charge in [0, 0.05) is 6.42 Å². The second-order valence-corrected chi connectivity index (χ2v) is 3.75. The molecular formula is C10H19NO4. The van der Waals surface area contributed by atoms with Gasteiger partial charge in [-0.15, -0.1) is 0 Å². The minimum Gasteiger partial charge on any atom is -0.467 e. The summed E-state index contributed by atoms with van der Waals surface area (Å²) >= 11 is 0. The number of hydrogen-bond donors (Lipinski definition) is 2. The van der Waals surface area contributed by atoms with E-state index >= 15 is 0 Å². The SMILES string of the molecule is COC(=O)C(CC(C)C)NC(=O)CCO. The summed E-state index contributed by atoms with van der Waals surface area (Å²) in [6.45, 7) is 3.68. The fourth-order valence-electron chi connectivity index (χ4n) is 1.20. The van der Waals surface area contributed by atoms with Gasteiger partial charge < -0.3 is 15.2 Å². The minimum atomic E-state index is -0.617. The second kappa shape index (κ2) is 7.23. The summed E-state index contributed by atoms with van der Waals surface area (Å²) in [6.07, 6.45) is 0.537. The Morgan fingerprint density at radius 2 is 2.00 bits per heavy atom. The van der Waals surface area contributed by atoms with Crippen LogP contribution in [0, 0.1) is 5.92 Å². The predicted molar refractivity (Wildman–Crippen MR) is 55.1 cm³/mol. The maximum absolute atomic E-state index is 11.3. The quantitative estimate of drug-likeness (QED) is 0.617. The average Bonchev–Trinajstić information content (AvgIpc) is 2.15. The molecule has 1 amide bonds. The third-order valence-electron chi connectivity index (χ3n) is 1.87. The Morgan fingerprint density at radius 3 is 2.40 bits per heavy atom. The topological polar surface area (TPSA) is 75.6 Å². The number of esters is 1. The first kappa shape index (κ1) is 13.9. The van der Waals surface area contributed by atoms with E-state index in [-0.39, 0.29) is 24.9 Å². The lowest BCUT2D eigenvalue weighted by atomic mass is 10.0. The largest absolute Gasteiger partial charge is 0.467 e. The molecule has 1 atom stereocenters. The molecule has 0 bridgehead atoms. The molecule has 0 heterocycles. The fraction of sp³-hybridized carbons (Fsp3) is 0.800. The van der Waals surface area contributed by atoms with Crippen molar-refractivity contribution in [1.29, 1.82) is 0 Å². The van der Waals surface area contributed by atoms with Crippen molar-refractivity contribution in [2.45, 2.75) is 32.7 Å². The molecule has 0 fully saturated rings. The van der Waals surface area contributed by atoms with Gasteiger partial charge in [0.05, 0.1) is 13.7 Å². The molecule has 1 unspecified atom stereocenters. The van der Waals surface area contributed by atoms with E-state index in [1.807, 2.05) is 13.8 Å². The molecule has 0 aliphatic rings. The summed E-state index contributed by atoms with van der Waals surface area (Å²) in [4.78, 5) is 22.5. The first-order valence-corrected chi connectivity index (χ1v) is 4.99. The normalized spacial score (nSPS) is 12.3. The van der Waals surface area contributed by atoms with Crippen LogP contribution in [0.15, 0.2) is 0 Å². The maximum atomic E-state index is 11.3. The van der Waals surface area contributed by atoms with Crippen LogP contribution in [-0.2, 0) is 14.3 Å². The van der Waals surface area contributed by atoms with Crippen LogP contribution >= 0.6 is 0 Å². The van der Waals surface area contributed by atoms with Crippen molar-refractivity contribution >= 4 is 11.9 Å². The van der Waals surface area contributed by atoms with Crippen molar-refractivity contribution in [1.82, 2.24) is 5.32 Å². The van der Waals surface area contributed by atoms with E-state index in [1.165, 1.54) is 7.11 Å². The standard InChI is InChI=1S/C10H19NO4/c1-7(2)6-8(10(14)15-3)11-9(13)4-5-12/h7-8,12H,4-6H2,1-3H3,(H,11,13). The summed E-state index contributed by atoms with van der Waals surface area (Å²) < 4.78 is 4.58. The van der Waals surface area contributed by atoms with Crippen LogP contribution in [0.3, 0.4) is 0 Å². The lowest BCUT2D eigenvalue weighted by molar-refractivity contribution is -0.145. The highest BCUT2D eigenvalue weighted by atomic mass is 16.5. The monoisotopic (exact) mass is 217 g/mol. The van der Waals surface area contributed by atoms with Crippen LogP contribution in [0.1, 0.15) is 26.7 Å². The zero-order chi connectivity index (χ0) is 11.8. The number of carbonyl (C=O) groups is 2. The molecule has 0 radical (unpaired) electrons. The van der Waals surface area contributed by atoms with Gasteiger partial charge in [-0.2, -0.15) is 0 Å². The Kier molecular flexibility index (Phi) is 6.70. The van der Waals surface area contributed by atoms with Crippen LogP contribution in [0.25, 0.3) is 0 Å². The number of amides is 1. The van der Waals surface area contributed by atoms with Crippen LogP contribution < -0.4 is 5.32 Å². The molecule has 0 spiro atoms. The van der Waals surface area contributed by atoms with Gasteiger partial charge in [-0.05, 0) is 12.3 Å². The van der Waals surface area contributed by atoms with E-state index in [0.29, 0.717) is 6.42 Å². The maximum Gasteiger partial charge on any atom is 0.328 e. The van der Waals surface area contributed by atoms with Gasteiger partial charge in [0.1, 0.15) is 6.04 Å². The lowest BCUT2D eigenvalue weighted by Gasteiger charge is -2.17. The Labute approximate surface area is 89.8 Å². The third-order valence-corrected chi connectivity index (χ3v) is 1.87. The Morgan fingerprint density at radius 1 is 1.40 bits per heavy atom. The van der Waals surface area contributed by atoms with Gasteiger partial charge >= 0.3 is 5.97 Å². The highest BCUT2D eigenvalue weighted by Crippen LogP contribution is 2.06. The molecule has 0 aromatic rings. The van der Waals surface area contributed by atoms with Gasteiger partial charge in [0.15, 0.2) is 0 Å². The Balaban J connectivity index is 4.24. The molecule has 5 heteroatoms. The van der Waals surface area contributed by atoms with E-state index in [0.717, 1.165) is 0 Å². The van der Waals surface area contributed by atoms with E-state index in [9.17, 15) is 9.59 Å². The van der Waals surface area contributed by atoms with Crippen LogP contribution in [0.2, 0.25) is 0 Å². The van der Waals surface area contributed by atoms with Gasteiger partial charge in [-0.1, -0.05) is 13.8 Å². The highest BCUT2D eigenvalue weighted by molar-refractivity contribution is 5.84. The molecule has 0 aliphatic carbocycles. The van der Waals surface area contributed by atoms with E-state index in [1.54, 1.807) is 0 Å². The molecule has 0 aromatic heterocycles. The summed E-state index contributed by atoms with van der Waals surface area (Å²) in [5.41, 5.74) is 0. The number of ether oxygens (including phenoxy) is 1. The zero-order valence-corrected chi connectivity index (χ0v) is 9.45. The summed E-state index contributed by atoms with van der Waals surface area (Å²) in [6, 6.07) is -0.617. The smallest absolute Gasteiger partial charge is 0.328 e. The molecule has 0 aromatic carbocycles. The number of aliphatic hydroxyl groups excluding tert-OH is 1. The van der Waals surface area contributed by atoms with Crippen LogP contribution in [-0.4, -0.2) is 36.7 Å². The van der Waals surface area contributed by atoms with Crippen molar-refractivity contribution in [3.63, 3.8) is 0 Å². The molecule has 0 saturated carbocycles. The van der Waals surface area contributed by atoms with Gasteiger partial charge in [0.25, 0.3) is 0 Å². The second-order valence-electron chi connectivity index (χ2n) is 3.75. The predicted octanol–water partition coefficient (Wildman–Crippen LogP) is 0.0727. The summed E-state index contributed by atoms with van der Waals surface area (Å²) in [5.74, 6) is -0.507. The first-order chi connectivity index (χ1) is 7.01. The number of nitrogens with one attached hydrogen (secondary N) is 1. The molecule has 15 heavy (non-hydrogen) atoms. The highest BCUT2D eigenvalue weighted by Gasteiger charge is 2.21. The average molecular weight is 217 g/mol. The molecular weight excluding hydrogens is 198 g/mol. The third kappa shape index (κ3) is 6.06. The zero-order valence-electron chi connectivity index (χ0n) is 9.45. The molecule has 0 aliphatic heterocycles. The molecule has 88 valence electrons. The van der Waals surface area contributed by atoms with Crippen molar-refractivity contribution in [3.05, 3.63) is 0 Å². The minimum absolute atomic E-state index is 0.00555. The lowest BCUT2D eigenvalue weighted by Crippen LogP contribution is -2.42. The molecule has 2 N–H and O–H groups in total. The molecule has 0 rings (SSSR count). The van der Waals surface area contributed by atoms with Gasteiger partial charge in [0.2, 0.25) is 5.91 Å². The molecule has 5 nitrogen and oxygen atoms in total. The van der Waals surface area contributed by atoms with Crippen molar-refractivity contribution in [2.24, 2.45) is 5.92 Å². The first-order valence-electron chi connectivity index (χ1n) is 4.99. The number of carbonyl (C=O) groups excluding carboxylic acids is 2.